The number of hydrogen-bond acceptors (Lipinski definition) is 3. The molecule has 1 aromatic rings. The van der Waals surface area contributed by atoms with Gasteiger partial charge in [0.05, 0.1) is 19.3 Å². The summed E-state index contributed by atoms with van der Waals surface area (Å²) in [5, 5.41) is 16.9. The van der Waals surface area contributed by atoms with Crippen LogP contribution in [0, 0.1) is 6.92 Å². The number of benzene rings is 1. The molecule has 0 heterocycles. The van der Waals surface area contributed by atoms with E-state index < -0.39 is 5.60 Å². The maximum atomic E-state index is 10.4. The van der Waals surface area contributed by atoms with Gasteiger partial charge in [0.2, 0.25) is 0 Å². The van der Waals surface area contributed by atoms with Crippen molar-refractivity contribution in [1.29, 1.82) is 0 Å². The molecule has 136 valence electrons. The number of ether oxygens (including phenoxy) is 1. The second-order valence-corrected chi connectivity index (χ2v) is 6.11. The molecule has 0 aliphatic heterocycles. The topological polar surface area (TPSA) is 65.9 Å². The van der Waals surface area contributed by atoms with Crippen LogP contribution in [0.25, 0.3) is 0 Å². The summed E-state index contributed by atoms with van der Waals surface area (Å²) in [5.74, 6) is 1.67. The van der Waals surface area contributed by atoms with Crippen LogP contribution in [0.1, 0.15) is 44.7 Å². The highest BCUT2D eigenvalue weighted by Gasteiger charge is 2.21. The Balaban J connectivity index is 2.60. The predicted molar refractivity (Wildman–Crippen MR) is 101 cm³/mol. The highest BCUT2D eigenvalue weighted by molar-refractivity contribution is 5.79. The Labute approximate surface area is 146 Å². The predicted octanol–water partition coefficient (Wildman–Crippen LogP) is 2.65. The van der Waals surface area contributed by atoms with Crippen LogP contribution in [0.15, 0.2) is 23.2 Å². The third-order valence-corrected chi connectivity index (χ3v) is 4.37. The highest BCUT2D eigenvalue weighted by Crippen LogP contribution is 2.19. The van der Waals surface area contributed by atoms with Crippen molar-refractivity contribution in [3.63, 3.8) is 0 Å². The van der Waals surface area contributed by atoms with E-state index in [9.17, 15) is 5.11 Å². The van der Waals surface area contributed by atoms with Crippen LogP contribution in [0.3, 0.4) is 0 Å². The smallest absolute Gasteiger partial charge is 0.191 e. The number of guanidine groups is 1. The lowest BCUT2D eigenvalue weighted by atomic mass is 9.98. The van der Waals surface area contributed by atoms with Gasteiger partial charge in [0, 0.05) is 13.1 Å². The van der Waals surface area contributed by atoms with Gasteiger partial charge < -0.3 is 20.5 Å². The average Bonchev–Trinajstić information content (AvgIpc) is 2.60. The SMILES string of the molecule is CCNC(=NCC(O)(CC)CC)NCCc1ccc(C)c(OC)c1. The molecule has 0 saturated carbocycles. The van der Waals surface area contributed by atoms with E-state index in [1.165, 1.54) is 5.56 Å². The number of aryl methyl sites for hydroxylation is 1. The van der Waals surface area contributed by atoms with Crippen LogP contribution in [0.4, 0.5) is 0 Å². The van der Waals surface area contributed by atoms with Gasteiger partial charge in [-0.05, 0) is 50.3 Å². The first-order chi connectivity index (χ1) is 11.5. The van der Waals surface area contributed by atoms with Gasteiger partial charge in [-0.3, -0.25) is 4.99 Å². The fraction of sp³-hybridized carbons (Fsp3) is 0.632. The second kappa shape index (κ2) is 10.2. The monoisotopic (exact) mass is 335 g/mol. The average molecular weight is 335 g/mol. The second-order valence-electron chi connectivity index (χ2n) is 6.11. The van der Waals surface area contributed by atoms with Gasteiger partial charge in [-0.2, -0.15) is 0 Å². The van der Waals surface area contributed by atoms with Crippen LogP contribution in [-0.4, -0.2) is 43.4 Å². The Kier molecular flexibility index (Phi) is 8.61. The first-order valence-electron chi connectivity index (χ1n) is 8.86. The summed E-state index contributed by atoms with van der Waals surface area (Å²) in [6, 6.07) is 6.28. The van der Waals surface area contributed by atoms with E-state index in [-0.39, 0.29) is 0 Å². The summed E-state index contributed by atoms with van der Waals surface area (Å²) in [7, 11) is 1.70. The Hall–Kier alpha value is -1.75. The first-order valence-corrected chi connectivity index (χ1v) is 8.86. The van der Waals surface area contributed by atoms with Gasteiger partial charge in [0.25, 0.3) is 0 Å². The van der Waals surface area contributed by atoms with Gasteiger partial charge in [-0.15, -0.1) is 0 Å². The van der Waals surface area contributed by atoms with Gasteiger partial charge in [0.1, 0.15) is 5.75 Å². The number of nitrogens with one attached hydrogen (secondary N) is 2. The maximum absolute atomic E-state index is 10.4. The molecule has 5 nitrogen and oxygen atoms in total. The first kappa shape index (κ1) is 20.3. The van der Waals surface area contributed by atoms with Crippen molar-refractivity contribution in [1.82, 2.24) is 10.6 Å². The van der Waals surface area contributed by atoms with Crippen molar-refractivity contribution < 1.29 is 9.84 Å². The van der Waals surface area contributed by atoms with Crippen molar-refractivity contribution in [3.8, 4) is 5.75 Å². The van der Waals surface area contributed by atoms with E-state index in [1.54, 1.807) is 7.11 Å². The Morgan fingerprint density at radius 3 is 2.50 bits per heavy atom. The summed E-state index contributed by atoms with van der Waals surface area (Å²) < 4.78 is 5.37. The Bertz CT molecular complexity index is 525. The fourth-order valence-electron chi connectivity index (χ4n) is 2.39. The largest absolute Gasteiger partial charge is 0.496 e. The number of methoxy groups -OCH3 is 1. The van der Waals surface area contributed by atoms with Crippen molar-refractivity contribution in [2.75, 3.05) is 26.7 Å². The zero-order valence-electron chi connectivity index (χ0n) is 15.8. The minimum absolute atomic E-state index is 0.410. The number of hydrogen-bond donors (Lipinski definition) is 3. The summed E-state index contributed by atoms with van der Waals surface area (Å²) in [6.07, 6.45) is 2.29. The zero-order chi connectivity index (χ0) is 18.0. The number of rotatable bonds is 9. The molecule has 0 atom stereocenters. The standard InChI is InChI=1S/C19H33N3O2/c1-6-19(23,7-2)14-22-18(20-8-3)21-12-11-16-10-9-15(4)17(13-16)24-5/h9-10,13,23H,6-8,11-12,14H2,1-5H3,(H2,20,21,22). The molecule has 0 fully saturated rings. The van der Waals surface area contributed by atoms with Gasteiger partial charge >= 0.3 is 0 Å². The molecule has 3 N–H and O–H groups in total. The third kappa shape index (κ3) is 6.40. The summed E-state index contributed by atoms with van der Waals surface area (Å²) >= 11 is 0. The summed E-state index contributed by atoms with van der Waals surface area (Å²) in [6.45, 7) is 10.0. The quantitative estimate of drug-likeness (QED) is 0.479. The lowest BCUT2D eigenvalue weighted by Gasteiger charge is -2.23. The Morgan fingerprint density at radius 2 is 1.92 bits per heavy atom. The summed E-state index contributed by atoms with van der Waals surface area (Å²) in [5.41, 5.74) is 1.65. The van der Waals surface area contributed by atoms with Crippen molar-refractivity contribution in [2.24, 2.45) is 4.99 Å². The lowest BCUT2D eigenvalue weighted by molar-refractivity contribution is 0.0418. The molecule has 0 aliphatic carbocycles. The minimum atomic E-state index is -0.716. The van der Waals surface area contributed by atoms with E-state index in [2.05, 4.69) is 33.8 Å². The van der Waals surface area contributed by atoms with Crippen molar-refractivity contribution >= 4 is 5.96 Å². The molecule has 0 spiro atoms. The molecular formula is C19H33N3O2. The van der Waals surface area contributed by atoms with E-state index in [0.717, 1.165) is 36.8 Å². The normalized spacial score (nSPS) is 12.2. The van der Waals surface area contributed by atoms with Crippen LogP contribution in [0.5, 0.6) is 5.75 Å². The van der Waals surface area contributed by atoms with E-state index in [0.29, 0.717) is 19.4 Å². The van der Waals surface area contributed by atoms with Crippen LogP contribution >= 0.6 is 0 Å². The molecule has 1 aromatic carbocycles. The molecule has 0 aromatic heterocycles. The zero-order valence-corrected chi connectivity index (χ0v) is 15.8. The van der Waals surface area contributed by atoms with Gasteiger partial charge in [0.15, 0.2) is 5.96 Å². The van der Waals surface area contributed by atoms with Crippen LogP contribution < -0.4 is 15.4 Å². The molecule has 0 saturated heterocycles. The van der Waals surface area contributed by atoms with Crippen molar-refractivity contribution in [2.45, 2.75) is 52.6 Å². The summed E-state index contributed by atoms with van der Waals surface area (Å²) in [4.78, 5) is 4.53. The molecule has 5 heteroatoms. The fourth-order valence-corrected chi connectivity index (χ4v) is 2.39. The van der Waals surface area contributed by atoms with Gasteiger partial charge in [-0.1, -0.05) is 26.0 Å². The molecule has 0 unspecified atom stereocenters. The van der Waals surface area contributed by atoms with E-state index in [4.69, 9.17) is 4.74 Å². The molecule has 0 bridgehead atoms. The minimum Gasteiger partial charge on any atom is -0.496 e. The number of aliphatic imine (C=N–C) groups is 1. The molecule has 0 aliphatic rings. The molecule has 0 radical (unpaired) electrons. The van der Waals surface area contributed by atoms with Crippen LogP contribution in [0.2, 0.25) is 0 Å². The van der Waals surface area contributed by atoms with Crippen LogP contribution in [-0.2, 0) is 6.42 Å². The highest BCUT2D eigenvalue weighted by atomic mass is 16.5. The van der Waals surface area contributed by atoms with E-state index >= 15 is 0 Å². The Morgan fingerprint density at radius 1 is 1.21 bits per heavy atom. The van der Waals surface area contributed by atoms with Crippen molar-refractivity contribution in [3.05, 3.63) is 29.3 Å². The molecule has 0 amide bonds. The molecular weight excluding hydrogens is 302 g/mol. The number of nitrogens with zero attached hydrogens (tertiary/aromatic N) is 1. The van der Waals surface area contributed by atoms with Gasteiger partial charge in [-0.25, -0.2) is 0 Å². The third-order valence-electron chi connectivity index (χ3n) is 4.37. The maximum Gasteiger partial charge on any atom is 0.191 e. The number of aliphatic hydroxyl groups is 1. The molecule has 1 rings (SSSR count). The molecule has 24 heavy (non-hydrogen) atoms. The van der Waals surface area contributed by atoms with E-state index in [1.807, 2.05) is 27.7 Å². The lowest BCUT2D eigenvalue weighted by Crippen LogP contribution is -2.40.